The second-order valence-corrected chi connectivity index (χ2v) is 9.95. The maximum absolute atomic E-state index is 12.6. The molecule has 6 nitrogen and oxygen atoms in total. The number of hydrogen-bond acceptors (Lipinski definition) is 4. The molecule has 212 valence electrons. The fourth-order valence-electron chi connectivity index (χ4n) is 5.03. The zero-order valence-corrected chi connectivity index (χ0v) is 27.1. The molecule has 1 aliphatic carbocycles. The van der Waals surface area contributed by atoms with Gasteiger partial charge in [-0.2, -0.15) is 0 Å². The zero-order chi connectivity index (χ0) is 25.5. The Bertz CT molecular complexity index is 629. The van der Waals surface area contributed by atoms with Crippen molar-refractivity contribution in [3.05, 3.63) is 23.5 Å². The minimum Gasteiger partial charge on any atom is -1.00 e. The molecule has 0 aromatic heterocycles. The van der Waals surface area contributed by atoms with Crippen LogP contribution in [0.1, 0.15) is 80.1 Å². The van der Waals surface area contributed by atoms with Gasteiger partial charge in [-0.1, -0.05) is 26.7 Å². The minimum atomic E-state index is -0.102. The summed E-state index contributed by atoms with van der Waals surface area (Å²) in [4.78, 5) is 25.2. The molecular formula is C28H54Br2N4O2. The molecule has 0 aromatic carbocycles. The van der Waals surface area contributed by atoms with Crippen LogP contribution in [0.5, 0.6) is 0 Å². The van der Waals surface area contributed by atoms with Crippen LogP contribution in [0.3, 0.4) is 0 Å². The first-order valence-electron chi connectivity index (χ1n) is 14.0. The van der Waals surface area contributed by atoms with Crippen molar-refractivity contribution in [2.75, 3.05) is 65.4 Å². The Balaban J connectivity index is 0. The highest BCUT2D eigenvalue weighted by molar-refractivity contribution is 6.19. The van der Waals surface area contributed by atoms with Gasteiger partial charge in [0.2, 0.25) is 11.6 Å². The fourth-order valence-corrected chi connectivity index (χ4v) is 5.03. The number of unbranched alkanes of at least 4 members (excludes halogenated alkanes) is 2. The summed E-state index contributed by atoms with van der Waals surface area (Å²) in [6.07, 6.45) is 9.89. The van der Waals surface area contributed by atoms with Crippen LogP contribution in [0.4, 0.5) is 0 Å². The number of nitrogens with one attached hydrogen (secondary N) is 2. The molecule has 0 unspecified atom stereocenters. The SMILES string of the molecule is CCCC[N+](CC)(CC)CCCNC1=CC(=O)C(NCCC[N+](CC)(CC)CCCC)=CC1=O.[Br-].[Br-]. The van der Waals surface area contributed by atoms with Crippen LogP contribution in [0.25, 0.3) is 0 Å². The van der Waals surface area contributed by atoms with Gasteiger partial charge in [0.05, 0.1) is 63.8 Å². The van der Waals surface area contributed by atoms with Crippen molar-refractivity contribution in [2.24, 2.45) is 0 Å². The number of rotatable bonds is 20. The number of allylic oxidation sites excluding steroid dienone is 2. The van der Waals surface area contributed by atoms with Gasteiger partial charge in [-0.15, -0.1) is 0 Å². The Hall–Kier alpha value is -0.700. The van der Waals surface area contributed by atoms with Crippen molar-refractivity contribution in [1.82, 2.24) is 10.6 Å². The third-order valence-corrected chi connectivity index (χ3v) is 7.99. The standard InChI is InChI=1S/C28H52N4O2.2BrH/c1-7-13-19-31(9-3,10-4)21-15-17-29-25-23-28(34)26(24-27(25)33)30-18-16-22-32(11-5,12-6)20-14-8-2;;/h23-24H,7-22H2,1-6H3;2*1H. The predicted octanol–water partition coefficient (Wildman–Crippen LogP) is -1.81. The average molecular weight is 639 g/mol. The number of quaternary nitrogens is 2. The Morgan fingerprint density at radius 3 is 1.14 bits per heavy atom. The Kier molecular flexibility index (Phi) is 21.1. The Morgan fingerprint density at radius 1 is 0.556 bits per heavy atom. The topological polar surface area (TPSA) is 58.2 Å². The Labute approximate surface area is 243 Å². The molecule has 0 bridgehead atoms. The highest BCUT2D eigenvalue weighted by Gasteiger charge is 2.24. The van der Waals surface area contributed by atoms with Crippen LogP contribution in [0, 0.1) is 0 Å². The monoisotopic (exact) mass is 636 g/mol. The van der Waals surface area contributed by atoms with Crippen molar-refractivity contribution >= 4 is 11.6 Å². The summed E-state index contributed by atoms with van der Waals surface area (Å²) in [5.41, 5.74) is 0.866. The van der Waals surface area contributed by atoms with E-state index in [1.807, 2.05) is 0 Å². The van der Waals surface area contributed by atoms with Crippen LogP contribution in [0.2, 0.25) is 0 Å². The highest BCUT2D eigenvalue weighted by atomic mass is 79.9. The lowest BCUT2D eigenvalue weighted by Crippen LogP contribution is -3.00. The van der Waals surface area contributed by atoms with Crippen molar-refractivity contribution in [3.8, 4) is 0 Å². The largest absolute Gasteiger partial charge is 1.00 e. The maximum atomic E-state index is 12.6. The molecule has 1 rings (SSSR count). The summed E-state index contributed by atoms with van der Waals surface area (Å²) >= 11 is 0. The summed E-state index contributed by atoms with van der Waals surface area (Å²) in [5.74, 6) is -0.204. The van der Waals surface area contributed by atoms with Crippen LogP contribution < -0.4 is 44.6 Å². The summed E-state index contributed by atoms with van der Waals surface area (Å²) in [7, 11) is 0. The van der Waals surface area contributed by atoms with Crippen molar-refractivity contribution < 1.29 is 52.5 Å². The first kappa shape index (κ1) is 37.5. The van der Waals surface area contributed by atoms with Crippen molar-refractivity contribution in [1.29, 1.82) is 0 Å². The van der Waals surface area contributed by atoms with E-state index in [9.17, 15) is 9.59 Å². The second-order valence-electron chi connectivity index (χ2n) is 9.95. The molecule has 0 saturated carbocycles. The van der Waals surface area contributed by atoms with Gasteiger partial charge in [-0.25, -0.2) is 0 Å². The van der Waals surface area contributed by atoms with E-state index in [1.54, 1.807) is 0 Å². The number of hydrogen-bond donors (Lipinski definition) is 2. The van der Waals surface area contributed by atoms with Crippen molar-refractivity contribution in [3.63, 3.8) is 0 Å². The van der Waals surface area contributed by atoms with E-state index in [1.165, 1.54) is 50.9 Å². The lowest BCUT2D eigenvalue weighted by Gasteiger charge is -2.37. The van der Waals surface area contributed by atoms with Crippen LogP contribution in [-0.2, 0) is 9.59 Å². The first-order chi connectivity index (χ1) is 16.3. The van der Waals surface area contributed by atoms with Crippen LogP contribution >= 0.6 is 0 Å². The molecule has 0 fully saturated rings. The summed E-state index contributed by atoms with van der Waals surface area (Å²) < 4.78 is 2.26. The molecule has 0 aromatic rings. The van der Waals surface area contributed by atoms with Gasteiger partial charge in [0.1, 0.15) is 0 Å². The van der Waals surface area contributed by atoms with E-state index in [0.29, 0.717) is 11.4 Å². The van der Waals surface area contributed by atoms with E-state index in [4.69, 9.17) is 0 Å². The van der Waals surface area contributed by atoms with Gasteiger partial charge in [0, 0.05) is 38.1 Å². The third-order valence-electron chi connectivity index (χ3n) is 7.99. The van der Waals surface area contributed by atoms with E-state index in [-0.39, 0.29) is 45.5 Å². The normalized spacial score (nSPS) is 13.9. The lowest BCUT2D eigenvalue weighted by molar-refractivity contribution is -0.925. The molecule has 0 saturated heterocycles. The number of nitrogens with zero attached hydrogens (tertiary/aromatic N) is 2. The molecule has 0 heterocycles. The number of carbonyl (C=O) groups excluding carboxylic acids is 2. The summed E-state index contributed by atoms with van der Waals surface area (Å²) in [5, 5.41) is 6.45. The highest BCUT2D eigenvalue weighted by Crippen LogP contribution is 2.13. The number of carbonyl (C=O) groups is 2. The molecule has 2 N–H and O–H groups in total. The van der Waals surface area contributed by atoms with Gasteiger partial charge in [0.25, 0.3) is 0 Å². The van der Waals surface area contributed by atoms with Crippen LogP contribution in [0.15, 0.2) is 23.5 Å². The van der Waals surface area contributed by atoms with Gasteiger partial charge >= 0.3 is 0 Å². The number of ketones is 2. The van der Waals surface area contributed by atoms with Gasteiger partial charge < -0.3 is 53.6 Å². The smallest absolute Gasteiger partial charge is 0.203 e. The molecule has 0 aliphatic heterocycles. The van der Waals surface area contributed by atoms with Gasteiger partial charge in [0.15, 0.2) is 0 Å². The lowest BCUT2D eigenvalue weighted by atomic mass is 10.1. The molecule has 0 amide bonds. The minimum absolute atomic E-state index is 0. The first-order valence-corrected chi connectivity index (χ1v) is 14.0. The quantitative estimate of drug-likeness (QED) is 0.0939. The van der Waals surface area contributed by atoms with E-state index < -0.39 is 0 Å². The summed E-state index contributed by atoms with van der Waals surface area (Å²) in [6, 6.07) is 0. The molecule has 0 spiro atoms. The van der Waals surface area contributed by atoms with E-state index >= 15 is 0 Å². The maximum Gasteiger partial charge on any atom is 0.203 e. The molecule has 8 heteroatoms. The zero-order valence-electron chi connectivity index (χ0n) is 23.9. The molecule has 36 heavy (non-hydrogen) atoms. The average Bonchev–Trinajstić information content (AvgIpc) is 2.86. The summed E-state index contributed by atoms with van der Waals surface area (Å²) in [6.45, 7) is 24.2. The Morgan fingerprint density at radius 2 is 0.861 bits per heavy atom. The molecule has 0 atom stereocenters. The third kappa shape index (κ3) is 12.2. The molecule has 1 aliphatic rings. The van der Waals surface area contributed by atoms with E-state index in [2.05, 4.69) is 52.2 Å². The predicted molar refractivity (Wildman–Crippen MR) is 143 cm³/mol. The van der Waals surface area contributed by atoms with Crippen molar-refractivity contribution in [2.45, 2.75) is 80.1 Å². The van der Waals surface area contributed by atoms with Gasteiger partial charge in [-0.3, -0.25) is 9.59 Å². The molecule has 0 radical (unpaired) electrons. The second kappa shape index (κ2) is 20.3. The molecular weight excluding hydrogens is 584 g/mol. The number of halogens is 2. The fraction of sp³-hybridized carbons (Fsp3) is 0.786. The van der Waals surface area contributed by atoms with Gasteiger partial charge in [-0.05, 0) is 40.5 Å². The van der Waals surface area contributed by atoms with E-state index in [0.717, 1.165) is 74.2 Å². The van der Waals surface area contributed by atoms with Crippen LogP contribution in [-0.4, -0.2) is 86.0 Å².